The van der Waals surface area contributed by atoms with Gasteiger partial charge in [0.25, 0.3) is 0 Å². The molecule has 1 heterocycles. The molecule has 16 heavy (non-hydrogen) atoms. The molecule has 0 aliphatic heterocycles. The third-order valence-corrected chi connectivity index (χ3v) is 2.30. The number of halogens is 3. The first-order chi connectivity index (χ1) is 7.50. The number of aromatic nitrogens is 1. The fourth-order valence-electron chi connectivity index (χ4n) is 1.59. The van der Waals surface area contributed by atoms with E-state index in [0.29, 0.717) is 12.1 Å². The summed E-state index contributed by atoms with van der Waals surface area (Å²) in [6.45, 7) is 0. The molecule has 0 spiro atoms. The molecule has 0 unspecified atom stereocenters. The van der Waals surface area contributed by atoms with Crippen LogP contribution in [0.3, 0.4) is 0 Å². The quantitative estimate of drug-likeness (QED) is 0.796. The molecule has 0 amide bonds. The van der Waals surface area contributed by atoms with Crippen LogP contribution in [0.5, 0.6) is 5.75 Å². The Morgan fingerprint density at radius 2 is 1.69 bits per heavy atom. The summed E-state index contributed by atoms with van der Waals surface area (Å²) in [6, 6.07) is 2.45. The molecule has 2 nitrogen and oxygen atoms in total. The van der Waals surface area contributed by atoms with E-state index in [1.807, 2.05) is 0 Å². The Hall–Kier alpha value is -1.91. The van der Waals surface area contributed by atoms with Crippen molar-refractivity contribution in [2.24, 2.45) is 7.05 Å². The van der Waals surface area contributed by atoms with Crippen LogP contribution in [0.1, 0.15) is 0 Å². The van der Waals surface area contributed by atoms with Crippen molar-refractivity contribution in [2.45, 2.75) is 0 Å². The molecule has 1 aromatic carbocycles. The van der Waals surface area contributed by atoms with Gasteiger partial charge >= 0.3 is 0 Å². The second kappa shape index (κ2) is 3.59. The Labute approximate surface area is 89.6 Å². The van der Waals surface area contributed by atoms with Crippen molar-refractivity contribution in [3.8, 4) is 17.0 Å². The van der Waals surface area contributed by atoms with Gasteiger partial charge in [0.05, 0.1) is 11.3 Å². The number of aryl methyl sites for hydroxylation is 1. The summed E-state index contributed by atoms with van der Waals surface area (Å²) in [4.78, 5) is 0. The van der Waals surface area contributed by atoms with E-state index in [0.717, 1.165) is 0 Å². The molecular weight excluding hydrogens is 219 g/mol. The van der Waals surface area contributed by atoms with E-state index in [2.05, 4.69) is 0 Å². The molecule has 1 N–H and O–H groups in total. The van der Waals surface area contributed by atoms with Gasteiger partial charge in [-0.25, -0.2) is 13.2 Å². The maximum absolute atomic E-state index is 13.4. The minimum absolute atomic E-state index is 0.0185. The van der Waals surface area contributed by atoms with Crippen LogP contribution >= 0.6 is 0 Å². The highest BCUT2D eigenvalue weighted by molar-refractivity contribution is 5.68. The molecular formula is C11H8F3NO. The van der Waals surface area contributed by atoms with Crippen LogP contribution in [0.25, 0.3) is 11.3 Å². The van der Waals surface area contributed by atoms with Crippen LogP contribution in [0.4, 0.5) is 13.2 Å². The zero-order chi connectivity index (χ0) is 11.9. The third kappa shape index (κ3) is 1.54. The molecule has 0 saturated carbocycles. The largest absolute Gasteiger partial charge is 0.506 e. The molecule has 2 rings (SSSR count). The van der Waals surface area contributed by atoms with Gasteiger partial charge in [0.2, 0.25) is 0 Å². The van der Waals surface area contributed by atoms with Gasteiger partial charge < -0.3 is 9.67 Å². The molecule has 0 atom stereocenters. The van der Waals surface area contributed by atoms with Crippen LogP contribution in [0.15, 0.2) is 24.4 Å². The van der Waals surface area contributed by atoms with E-state index in [4.69, 9.17) is 0 Å². The fourth-order valence-corrected chi connectivity index (χ4v) is 1.59. The van der Waals surface area contributed by atoms with Gasteiger partial charge in [-0.05, 0) is 6.07 Å². The minimum Gasteiger partial charge on any atom is -0.506 e. The monoisotopic (exact) mass is 227 g/mol. The van der Waals surface area contributed by atoms with Crippen molar-refractivity contribution in [2.75, 3.05) is 0 Å². The smallest absolute Gasteiger partial charge is 0.141 e. The van der Waals surface area contributed by atoms with Crippen LogP contribution in [-0.2, 0) is 7.05 Å². The summed E-state index contributed by atoms with van der Waals surface area (Å²) >= 11 is 0. The second-order valence-corrected chi connectivity index (χ2v) is 3.40. The summed E-state index contributed by atoms with van der Waals surface area (Å²) in [5.74, 6) is -3.34. The lowest BCUT2D eigenvalue weighted by molar-refractivity contribution is 0.474. The van der Waals surface area contributed by atoms with Gasteiger partial charge in [-0.3, -0.25) is 0 Å². The van der Waals surface area contributed by atoms with Crippen molar-refractivity contribution >= 4 is 0 Å². The molecule has 2 aromatic rings. The summed E-state index contributed by atoms with van der Waals surface area (Å²) in [5.41, 5.74) is -0.457. The SMILES string of the molecule is Cn1ccc(O)c1-c1c(F)cc(F)cc1F. The maximum Gasteiger partial charge on any atom is 0.141 e. The normalized spacial score (nSPS) is 10.8. The van der Waals surface area contributed by atoms with E-state index in [-0.39, 0.29) is 11.4 Å². The fraction of sp³-hybridized carbons (Fsp3) is 0.0909. The van der Waals surface area contributed by atoms with E-state index in [1.54, 1.807) is 0 Å². The van der Waals surface area contributed by atoms with Gasteiger partial charge in [0.15, 0.2) is 0 Å². The highest BCUT2D eigenvalue weighted by Gasteiger charge is 2.19. The molecule has 0 aliphatic carbocycles. The predicted octanol–water partition coefficient (Wildman–Crippen LogP) is 2.82. The summed E-state index contributed by atoms with van der Waals surface area (Å²) in [5, 5.41) is 9.46. The molecule has 0 fully saturated rings. The third-order valence-electron chi connectivity index (χ3n) is 2.30. The second-order valence-electron chi connectivity index (χ2n) is 3.40. The van der Waals surface area contributed by atoms with Gasteiger partial charge in [-0.1, -0.05) is 0 Å². The number of nitrogens with zero attached hydrogens (tertiary/aromatic N) is 1. The standard InChI is InChI=1S/C11H8F3NO/c1-15-3-2-9(16)11(15)10-7(13)4-6(12)5-8(10)14/h2-5,16H,1H3. The number of hydrogen-bond acceptors (Lipinski definition) is 1. The van der Waals surface area contributed by atoms with Gasteiger partial charge in [0.1, 0.15) is 23.2 Å². The molecule has 0 radical (unpaired) electrons. The number of rotatable bonds is 1. The minimum atomic E-state index is -1.05. The highest BCUT2D eigenvalue weighted by Crippen LogP contribution is 2.33. The number of benzene rings is 1. The molecule has 5 heteroatoms. The van der Waals surface area contributed by atoms with Gasteiger partial charge in [-0.2, -0.15) is 0 Å². The van der Waals surface area contributed by atoms with Crippen molar-refractivity contribution in [1.29, 1.82) is 0 Å². The lowest BCUT2D eigenvalue weighted by Crippen LogP contribution is -1.97. The van der Waals surface area contributed by atoms with Gasteiger partial charge in [-0.15, -0.1) is 0 Å². The van der Waals surface area contributed by atoms with Crippen LogP contribution in [0, 0.1) is 17.5 Å². The summed E-state index contributed by atoms with van der Waals surface area (Å²) in [6.07, 6.45) is 1.45. The summed E-state index contributed by atoms with van der Waals surface area (Å²) in [7, 11) is 1.53. The first-order valence-corrected chi connectivity index (χ1v) is 4.50. The molecule has 84 valence electrons. The van der Waals surface area contributed by atoms with Gasteiger partial charge in [0, 0.05) is 25.4 Å². The zero-order valence-electron chi connectivity index (χ0n) is 8.34. The first-order valence-electron chi connectivity index (χ1n) is 4.50. The maximum atomic E-state index is 13.4. The Morgan fingerprint density at radius 1 is 1.12 bits per heavy atom. The van der Waals surface area contributed by atoms with E-state index in [1.165, 1.54) is 23.9 Å². The van der Waals surface area contributed by atoms with Crippen molar-refractivity contribution in [1.82, 2.24) is 4.57 Å². The van der Waals surface area contributed by atoms with E-state index < -0.39 is 23.0 Å². The lowest BCUT2D eigenvalue weighted by atomic mass is 10.1. The first kappa shape index (κ1) is 10.6. The topological polar surface area (TPSA) is 25.2 Å². The Kier molecular flexibility index (Phi) is 2.38. The Morgan fingerprint density at radius 3 is 2.12 bits per heavy atom. The summed E-state index contributed by atoms with van der Waals surface area (Å²) < 4.78 is 40.9. The average Bonchev–Trinajstić information content (AvgIpc) is 2.47. The molecule has 1 aromatic heterocycles. The number of hydrogen-bond donors (Lipinski definition) is 1. The predicted molar refractivity (Wildman–Crippen MR) is 52.4 cm³/mol. The highest BCUT2D eigenvalue weighted by atomic mass is 19.1. The van der Waals surface area contributed by atoms with E-state index in [9.17, 15) is 18.3 Å². The molecule has 0 aliphatic rings. The number of aromatic hydroxyl groups is 1. The van der Waals surface area contributed by atoms with Crippen LogP contribution in [0.2, 0.25) is 0 Å². The Balaban J connectivity index is 2.74. The van der Waals surface area contributed by atoms with Crippen molar-refractivity contribution in [3.05, 3.63) is 41.8 Å². The molecule has 0 bridgehead atoms. The van der Waals surface area contributed by atoms with Crippen LogP contribution in [-0.4, -0.2) is 9.67 Å². The van der Waals surface area contributed by atoms with Crippen molar-refractivity contribution in [3.63, 3.8) is 0 Å². The zero-order valence-corrected chi connectivity index (χ0v) is 8.34. The average molecular weight is 227 g/mol. The Bertz CT molecular complexity index is 506. The van der Waals surface area contributed by atoms with E-state index >= 15 is 0 Å². The van der Waals surface area contributed by atoms with Crippen LogP contribution < -0.4 is 0 Å². The van der Waals surface area contributed by atoms with Crippen molar-refractivity contribution < 1.29 is 18.3 Å². The molecule has 0 saturated heterocycles. The lowest BCUT2D eigenvalue weighted by Gasteiger charge is -2.07.